The van der Waals surface area contributed by atoms with Crippen LogP contribution in [0.2, 0.25) is 5.02 Å². The fourth-order valence-corrected chi connectivity index (χ4v) is 2.21. The molecule has 2 rings (SSSR count). The molecular weight excluding hydrogens is 272 g/mol. The maximum atomic E-state index is 5.91. The van der Waals surface area contributed by atoms with Gasteiger partial charge in [-0.2, -0.15) is 0 Å². The minimum atomic E-state index is 0.248. The highest BCUT2D eigenvalue weighted by atomic mass is 35.5. The molecule has 0 radical (unpaired) electrons. The summed E-state index contributed by atoms with van der Waals surface area (Å²) in [5, 5.41) is 0.749. The highest BCUT2D eigenvalue weighted by Gasteiger charge is 2.13. The van der Waals surface area contributed by atoms with Crippen LogP contribution in [0.3, 0.4) is 0 Å². The van der Waals surface area contributed by atoms with Crippen LogP contribution in [-0.4, -0.2) is 21.9 Å². The normalized spacial score (nSPS) is 12.7. The van der Waals surface area contributed by atoms with Crippen molar-refractivity contribution >= 4 is 17.4 Å². The van der Waals surface area contributed by atoms with Crippen LogP contribution in [0.5, 0.6) is 0 Å². The minimum Gasteiger partial charge on any atom is -0.384 e. The lowest BCUT2D eigenvalue weighted by Crippen LogP contribution is -2.23. The molecule has 0 saturated heterocycles. The van der Waals surface area contributed by atoms with Crippen LogP contribution in [0.25, 0.3) is 0 Å². The first-order chi connectivity index (χ1) is 9.45. The molecule has 0 amide bonds. The van der Waals surface area contributed by atoms with Gasteiger partial charge in [0, 0.05) is 22.8 Å². The number of nitrogens with zero attached hydrogens (tertiary/aromatic N) is 3. The van der Waals surface area contributed by atoms with E-state index >= 15 is 0 Å². The van der Waals surface area contributed by atoms with Gasteiger partial charge in [-0.05, 0) is 38.6 Å². The van der Waals surface area contributed by atoms with Gasteiger partial charge in [0.1, 0.15) is 11.6 Å². The first-order valence-electron chi connectivity index (χ1n) is 6.51. The van der Waals surface area contributed by atoms with Crippen LogP contribution >= 0.6 is 11.6 Å². The average molecular weight is 291 g/mol. The molecule has 20 heavy (non-hydrogen) atoms. The van der Waals surface area contributed by atoms with E-state index in [1.165, 1.54) is 5.56 Å². The van der Waals surface area contributed by atoms with Crippen molar-refractivity contribution in [1.29, 1.82) is 0 Å². The molecule has 1 heterocycles. The molecule has 1 aromatic carbocycles. The molecule has 0 spiro atoms. The second kappa shape index (κ2) is 6.20. The van der Waals surface area contributed by atoms with Crippen LogP contribution in [0.4, 0.5) is 5.82 Å². The zero-order valence-corrected chi connectivity index (χ0v) is 12.7. The molecule has 1 atom stereocenters. The molecule has 1 unspecified atom stereocenters. The Morgan fingerprint density at radius 3 is 2.50 bits per heavy atom. The second-order valence-electron chi connectivity index (χ2n) is 4.99. The van der Waals surface area contributed by atoms with E-state index in [0.29, 0.717) is 12.4 Å². The summed E-state index contributed by atoms with van der Waals surface area (Å²) >= 11 is 5.91. The SMILES string of the molecule is Cc1cc(N)nc(CN(C)C(C)c2ccc(Cl)cc2)n1. The summed E-state index contributed by atoms with van der Waals surface area (Å²) in [7, 11) is 2.04. The van der Waals surface area contributed by atoms with Crippen molar-refractivity contribution in [2.75, 3.05) is 12.8 Å². The van der Waals surface area contributed by atoms with Crippen LogP contribution < -0.4 is 5.73 Å². The maximum Gasteiger partial charge on any atom is 0.144 e. The summed E-state index contributed by atoms with van der Waals surface area (Å²) in [5.74, 6) is 1.26. The van der Waals surface area contributed by atoms with Gasteiger partial charge >= 0.3 is 0 Å². The third-order valence-corrected chi connectivity index (χ3v) is 3.58. The molecule has 0 bridgehead atoms. The number of nitrogens with two attached hydrogens (primary N) is 1. The smallest absolute Gasteiger partial charge is 0.144 e. The third-order valence-electron chi connectivity index (χ3n) is 3.32. The van der Waals surface area contributed by atoms with Gasteiger partial charge in [0.2, 0.25) is 0 Å². The van der Waals surface area contributed by atoms with Crippen molar-refractivity contribution in [3.8, 4) is 0 Å². The van der Waals surface area contributed by atoms with Gasteiger partial charge in [0.15, 0.2) is 0 Å². The lowest BCUT2D eigenvalue weighted by atomic mass is 10.1. The molecule has 0 aliphatic heterocycles. The highest BCUT2D eigenvalue weighted by molar-refractivity contribution is 6.30. The maximum absolute atomic E-state index is 5.91. The number of nitrogen functional groups attached to an aromatic ring is 1. The quantitative estimate of drug-likeness (QED) is 0.939. The topological polar surface area (TPSA) is 55.0 Å². The number of rotatable bonds is 4. The van der Waals surface area contributed by atoms with Crippen LogP contribution in [-0.2, 0) is 6.54 Å². The molecule has 5 heteroatoms. The van der Waals surface area contributed by atoms with Crippen molar-refractivity contribution in [2.45, 2.75) is 26.4 Å². The standard InChI is InChI=1S/C15H19ClN4/c1-10-8-14(17)19-15(18-10)9-20(3)11(2)12-4-6-13(16)7-5-12/h4-8,11H,9H2,1-3H3,(H2,17,18,19). The molecule has 0 saturated carbocycles. The molecule has 4 nitrogen and oxygen atoms in total. The fraction of sp³-hybridized carbons (Fsp3) is 0.333. The van der Waals surface area contributed by atoms with Gasteiger partial charge in [-0.15, -0.1) is 0 Å². The zero-order chi connectivity index (χ0) is 14.7. The predicted octanol–water partition coefficient (Wildman–Crippen LogP) is 3.21. The Kier molecular flexibility index (Phi) is 4.57. The number of benzene rings is 1. The van der Waals surface area contributed by atoms with Gasteiger partial charge in [0.05, 0.1) is 6.54 Å². The average Bonchev–Trinajstić information content (AvgIpc) is 2.37. The Labute approximate surface area is 124 Å². The molecule has 0 fully saturated rings. The first-order valence-corrected chi connectivity index (χ1v) is 6.89. The van der Waals surface area contributed by atoms with Gasteiger partial charge in [-0.3, -0.25) is 4.90 Å². The molecule has 0 aliphatic rings. The number of hydrogen-bond acceptors (Lipinski definition) is 4. The number of halogens is 1. The first kappa shape index (κ1) is 14.8. The largest absolute Gasteiger partial charge is 0.384 e. The Balaban J connectivity index is 2.10. The number of hydrogen-bond donors (Lipinski definition) is 1. The van der Waals surface area contributed by atoms with Crippen LogP contribution in [0.1, 0.15) is 30.0 Å². The van der Waals surface area contributed by atoms with Crippen LogP contribution in [0, 0.1) is 6.92 Å². The van der Waals surface area contributed by atoms with Crippen molar-refractivity contribution in [3.63, 3.8) is 0 Å². The van der Waals surface area contributed by atoms with Crippen molar-refractivity contribution in [2.24, 2.45) is 0 Å². The van der Waals surface area contributed by atoms with Crippen molar-refractivity contribution in [3.05, 3.63) is 52.4 Å². The minimum absolute atomic E-state index is 0.248. The Morgan fingerprint density at radius 1 is 1.25 bits per heavy atom. The fourth-order valence-electron chi connectivity index (χ4n) is 2.08. The second-order valence-corrected chi connectivity index (χ2v) is 5.43. The lowest BCUT2D eigenvalue weighted by molar-refractivity contribution is 0.247. The number of anilines is 1. The molecule has 2 N–H and O–H groups in total. The van der Waals surface area contributed by atoms with Gasteiger partial charge in [-0.1, -0.05) is 23.7 Å². The summed E-state index contributed by atoms with van der Waals surface area (Å²) < 4.78 is 0. The van der Waals surface area contributed by atoms with E-state index in [1.54, 1.807) is 6.07 Å². The number of aryl methyl sites for hydroxylation is 1. The van der Waals surface area contributed by atoms with E-state index < -0.39 is 0 Å². The summed E-state index contributed by atoms with van der Waals surface area (Å²) in [6.45, 7) is 4.71. The van der Waals surface area contributed by atoms with E-state index in [2.05, 4.69) is 21.8 Å². The molecule has 106 valence electrons. The van der Waals surface area contributed by atoms with Crippen LogP contribution in [0.15, 0.2) is 30.3 Å². The Hall–Kier alpha value is -1.65. The summed E-state index contributed by atoms with van der Waals surface area (Å²) in [6.07, 6.45) is 0. The van der Waals surface area contributed by atoms with E-state index in [9.17, 15) is 0 Å². The third kappa shape index (κ3) is 3.68. The van der Waals surface area contributed by atoms with E-state index in [0.717, 1.165) is 16.5 Å². The zero-order valence-electron chi connectivity index (χ0n) is 12.0. The Bertz CT molecular complexity index is 563. The Morgan fingerprint density at radius 2 is 1.90 bits per heavy atom. The van der Waals surface area contributed by atoms with Gasteiger partial charge in [0.25, 0.3) is 0 Å². The summed E-state index contributed by atoms with van der Waals surface area (Å²) in [6, 6.07) is 9.90. The summed E-state index contributed by atoms with van der Waals surface area (Å²) in [5.41, 5.74) is 7.85. The molecule has 0 aliphatic carbocycles. The highest BCUT2D eigenvalue weighted by Crippen LogP contribution is 2.21. The monoisotopic (exact) mass is 290 g/mol. The van der Waals surface area contributed by atoms with Crippen molar-refractivity contribution < 1.29 is 0 Å². The van der Waals surface area contributed by atoms with Crippen molar-refractivity contribution in [1.82, 2.24) is 14.9 Å². The summed E-state index contributed by atoms with van der Waals surface area (Å²) in [4.78, 5) is 10.9. The van der Waals surface area contributed by atoms with E-state index in [-0.39, 0.29) is 6.04 Å². The molecular formula is C15H19ClN4. The predicted molar refractivity (Wildman–Crippen MR) is 82.5 cm³/mol. The molecule has 1 aromatic heterocycles. The lowest BCUT2D eigenvalue weighted by Gasteiger charge is -2.24. The number of aromatic nitrogens is 2. The molecule has 2 aromatic rings. The van der Waals surface area contributed by atoms with Gasteiger partial charge < -0.3 is 5.73 Å². The van der Waals surface area contributed by atoms with E-state index in [4.69, 9.17) is 17.3 Å². The van der Waals surface area contributed by atoms with Gasteiger partial charge in [-0.25, -0.2) is 9.97 Å². The van der Waals surface area contributed by atoms with E-state index in [1.807, 2.05) is 38.2 Å².